The summed E-state index contributed by atoms with van der Waals surface area (Å²) >= 11 is 0. The van der Waals surface area contributed by atoms with Crippen molar-refractivity contribution in [1.29, 1.82) is 0 Å². The third-order valence-corrected chi connectivity index (χ3v) is 3.20. The van der Waals surface area contributed by atoms with Crippen molar-refractivity contribution in [2.75, 3.05) is 25.0 Å². The highest BCUT2D eigenvalue weighted by Crippen LogP contribution is 2.16. The fourth-order valence-corrected chi connectivity index (χ4v) is 2.29. The topological polar surface area (TPSA) is 41.0 Å². The Morgan fingerprint density at radius 1 is 1.56 bits per heavy atom. The van der Waals surface area contributed by atoms with Crippen molar-refractivity contribution in [2.24, 2.45) is 0 Å². The zero-order chi connectivity index (χ0) is 11.4. The number of aromatic nitrogens is 2. The minimum absolute atomic E-state index is 0.647. The summed E-state index contributed by atoms with van der Waals surface area (Å²) in [5.41, 5.74) is 1.01. The molecular weight excluding hydrogens is 200 g/mol. The Labute approximate surface area is 97.1 Å². The summed E-state index contributed by atoms with van der Waals surface area (Å²) < 4.78 is 0. The maximum atomic E-state index is 4.34. The van der Waals surface area contributed by atoms with E-state index < -0.39 is 0 Å². The number of hydrogen-bond acceptors (Lipinski definition) is 4. The van der Waals surface area contributed by atoms with Crippen LogP contribution in [0.3, 0.4) is 0 Å². The van der Waals surface area contributed by atoms with Gasteiger partial charge in [0.15, 0.2) is 0 Å². The van der Waals surface area contributed by atoms with E-state index in [0.717, 1.165) is 24.7 Å². The molecule has 0 spiro atoms. The fourth-order valence-electron chi connectivity index (χ4n) is 2.29. The van der Waals surface area contributed by atoms with Crippen LogP contribution >= 0.6 is 0 Å². The van der Waals surface area contributed by atoms with Gasteiger partial charge >= 0.3 is 0 Å². The summed E-state index contributed by atoms with van der Waals surface area (Å²) in [5, 5.41) is 3.33. The first-order chi connectivity index (χ1) is 7.79. The molecule has 2 heterocycles. The van der Waals surface area contributed by atoms with Crippen LogP contribution in [-0.2, 0) is 0 Å². The molecule has 1 N–H and O–H groups in total. The lowest BCUT2D eigenvalue weighted by atomic mass is 10.2. The number of nitrogens with zero attached hydrogens (tertiary/aromatic N) is 3. The Hall–Kier alpha value is -1.16. The van der Waals surface area contributed by atoms with Gasteiger partial charge < -0.3 is 5.32 Å². The average Bonchev–Trinajstić information content (AvgIpc) is 2.74. The van der Waals surface area contributed by atoms with Gasteiger partial charge in [0.1, 0.15) is 0 Å². The van der Waals surface area contributed by atoms with E-state index in [4.69, 9.17) is 0 Å². The van der Waals surface area contributed by atoms with Crippen LogP contribution in [-0.4, -0.2) is 40.5 Å². The van der Waals surface area contributed by atoms with Gasteiger partial charge in [-0.2, -0.15) is 0 Å². The Bertz CT molecular complexity index is 340. The van der Waals surface area contributed by atoms with Crippen molar-refractivity contribution in [3.8, 4) is 0 Å². The molecule has 16 heavy (non-hydrogen) atoms. The van der Waals surface area contributed by atoms with Crippen LogP contribution in [0.1, 0.15) is 25.5 Å². The van der Waals surface area contributed by atoms with Gasteiger partial charge in [-0.3, -0.25) is 4.90 Å². The molecule has 0 aromatic carbocycles. The lowest BCUT2D eigenvalue weighted by Gasteiger charge is -2.22. The van der Waals surface area contributed by atoms with E-state index in [1.165, 1.54) is 19.4 Å². The summed E-state index contributed by atoms with van der Waals surface area (Å²) in [6.07, 6.45) is 4.40. The molecule has 0 amide bonds. The Kier molecular flexibility index (Phi) is 3.72. The smallest absolute Gasteiger partial charge is 0.222 e. The number of anilines is 1. The van der Waals surface area contributed by atoms with E-state index in [-0.39, 0.29) is 0 Å². The molecule has 1 aromatic rings. The Morgan fingerprint density at radius 2 is 2.44 bits per heavy atom. The molecule has 1 unspecified atom stereocenters. The molecule has 4 heteroatoms. The first kappa shape index (κ1) is 11.3. The normalized spacial score (nSPS) is 21.2. The SMILES string of the molecule is CCN1CCCC1CNc1nccc(C)n1. The minimum Gasteiger partial charge on any atom is -0.353 e. The molecule has 4 nitrogen and oxygen atoms in total. The second-order valence-corrected chi connectivity index (χ2v) is 4.33. The van der Waals surface area contributed by atoms with Crippen molar-refractivity contribution in [2.45, 2.75) is 32.7 Å². The van der Waals surface area contributed by atoms with Gasteiger partial charge in [0.25, 0.3) is 0 Å². The molecule has 1 aliphatic heterocycles. The predicted molar refractivity (Wildman–Crippen MR) is 65.5 cm³/mol. The third-order valence-electron chi connectivity index (χ3n) is 3.20. The molecule has 0 radical (unpaired) electrons. The summed E-state index contributed by atoms with van der Waals surface area (Å²) in [5.74, 6) is 0.753. The highest BCUT2D eigenvalue weighted by atomic mass is 15.2. The predicted octanol–water partition coefficient (Wildman–Crippen LogP) is 1.68. The van der Waals surface area contributed by atoms with Crippen LogP contribution < -0.4 is 5.32 Å². The molecule has 2 rings (SSSR count). The van der Waals surface area contributed by atoms with Gasteiger partial charge in [0, 0.05) is 24.5 Å². The fraction of sp³-hybridized carbons (Fsp3) is 0.667. The molecule has 1 aromatic heterocycles. The van der Waals surface area contributed by atoms with E-state index in [9.17, 15) is 0 Å². The highest BCUT2D eigenvalue weighted by Gasteiger charge is 2.22. The van der Waals surface area contributed by atoms with E-state index in [1.54, 1.807) is 6.20 Å². The van der Waals surface area contributed by atoms with Gasteiger partial charge in [-0.15, -0.1) is 0 Å². The molecule has 1 fully saturated rings. The quantitative estimate of drug-likeness (QED) is 0.838. The molecule has 88 valence electrons. The number of aryl methyl sites for hydroxylation is 1. The molecule has 1 aliphatic rings. The van der Waals surface area contributed by atoms with Crippen LogP contribution in [0.2, 0.25) is 0 Å². The molecule has 1 atom stereocenters. The summed E-state index contributed by atoms with van der Waals surface area (Å²) in [6.45, 7) is 7.54. The van der Waals surface area contributed by atoms with Gasteiger partial charge in [0.05, 0.1) is 0 Å². The number of nitrogens with one attached hydrogen (secondary N) is 1. The summed E-state index contributed by atoms with van der Waals surface area (Å²) in [7, 11) is 0. The van der Waals surface area contributed by atoms with E-state index in [2.05, 4.69) is 27.1 Å². The average molecular weight is 220 g/mol. The lowest BCUT2D eigenvalue weighted by Crippen LogP contribution is -2.34. The Morgan fingerprint density at radius 3 is 3.19 bits per heavy atom. The van der Waals surface area contributed by atoms with Gasteiger partial charge in [0.2, 0.25) is 5.95 Å². The number of likely N-dealkylation sites (tertiary alicyclic amines) is 1. The summed E-state index contributed by atoms with van der Waals surface area (Å²) in [4.78, 5) is 11.1. The van der Waals surface area contributed by atoms with Crippen LogP contribution in [0.4, 0.5) is 5.95 Å². The maximum absolute atomic E-state index is 4.34. The molecule has 0 bridgehead atoms. The first-order valence-electron chi connectivity index (χ1n) is 6.07. The van der Waals surface area contributed by atoms with Crippen molar-refractivity contribution in [3.63, 3.8) is 0 Å². The second kappa shape index (κ2) is 5.25. The number of hydrogen-bond donors (Lipinski definition) is 1. The molecule has 0 aliphatic carbocycles. The lowest BCUT2D eigenvalue weighted by molar-refractivity contribution is 0.277. The van der Waals surface area contributed by atoms with Gasteiger partial charge in [-0.1, -0.05) is 6.92 Å². The maximum Gasteiger partial charge on any atom is 0.222 e. The monoisotopic (exact) mass is 220 g/mol. The summed E-state index contributed by atoms with van der Waals surface area (Å²) in [6, 6.07) is 2.56. The van der Waals surface area contributed by atoms with E-state index in [1.807, 2.05) is 13.0 Å². The molecule has 1 saturated heterocycles. The van der Waals surface area contributed by atoms with Crippen molar-refractivity contribution >= 4 is 5.95 Å². The largest absolute Gasteiger partial charge is 0.353 e. The standard InChI is InChI=1S/C12H20N4/c1-3-16-8-4-5-11(16)9-14-12-13-7-6-10(2)15-12/h6-7,11H,3-5,8-9H2,1-2H3,(H,13,14,15). The second-order valence-electron chi connectivity index (χ2n) is 4.33. The van der Waals surface area contributed by atoms with Crippen molar-refractivity contribution < 1.29 is 0 Å². The number of likely N-dealkylation sites (N-methyl/N-ethyl adjacent to an activating group) is 1. The van der Waals surface area contributed by atoms with Gasteiger partial charge in [-0.05, 0) is 38.9 Å². The van der Waals surface area contributed by atoms with Crippen molar-refractivity contribution in [3.05, 3.63) is 18.0 Å². The number of rotatable bonds is 4. The van der Waals surface area contributed by atoms with Crippen molar-refractivity contribution in [1.82, 2.24) is 14.9 Å². The third kappa shape index (κ3) is 2.70. The van der Waals surface area contributed by atoms with Crippen LogP contribution in [0.5, 0.6) is 0 Å². The highest BCUT2D eigenvalue weighted by molar-refractivity contribution is 5.25. The van der Waals surface area contributed by atoms with Crippen LogP contribution in [0.15, 0.2) is 12.3 Å². The Balaban J connectivity index is 1.87. The van der Waals surface area contributed by atoms with E-state index >= 15 is 0 Å². The van der Waals surface area contributed by atoms with Gasteiger partial charge in [-0.25, -0.2) is 9.97 Å². The zero-order valence-electron chi connectivity index (χ0n) is 10.1. The molecule has 0 saturated carbocycles. The van der Waals surface area contributed by atoms with E-state index in [0.29, 0.717) is 6.04 Å². The minimum atomic E-state index is 0.647. The van der Waals surface area contributed by atoms with Crippen LogP contribution in [0, 0.1) is 6.92 Å². The van der Waals surface area contributed by atoms with Crippen LogP contribution in [0.25, 0.3) is 0 Å². The first-order valence-corrected chi connectivity index (χ1v) is 6.07. The zero-order valence-corrected chi connectivity index (χ0v) is 10.1. The molecular formula is C12H20N4.